The molecule has 5 nitrogen and oxygen atoms in total. The van der Waals surface area contributed by atoms with E-state index in [9.17, 15) is 1.37 Å². The van der Waals surface area contributed by atoms with Crippen molar-refractivity contribution < 1.29 is 45.4 Å². The van der Waals surface area contributed by atoms with Gasteiger partial charge in [-0.25, -0.2) is 4.98 Å². The zero-order valence-electron chi connectivity index (χ0n) is 54.0. The van der Waals surface area contributed by atoms with Crippen LogP contribution in [0.3, 0.4) is 0 Å². The van der Waals surface area contributed by atoms with E-state index in [1.807, 2.05) is 79.9 Å². The van der Waals surface area contributed by atoms with Crippen molar-refractivity contribution in [3.8, 4) is 73.2 Å². The van der Waals surface area contributed by atoms with Crippen molar-refractivity contribution in [2.45, 2.75) is 59.8 Å². The second-order valence-electron chi connectivity index (χ2n) is 20.8. The van der Waals surface area contributed by atoms with Gasteiger partial charge in [-0.3, -0.25) is 4.57 Å². The molecule has 0 amide bonds. The molecule has 0 radical (unpaired) electrons. The summed E-state index contributed by atoms with van der Waals surface area (Å²) in [5, 5.41) is 1.88. The largest absolute Gasteiger partial charge is 0.510 e. The van der Waals surface area contributed by atoms with E-state index in [0.29, 0.717) is 39.6 Å². The maximum atomic E-state index is 10.1. The molecule has 0 bridgehead atoms. The Morgan fingerprint density at radius 1 is 0.579 bits per heavy atom. The number of hydrogen-bond acceptors (Lipinski definition) is 2. The Hall–Kier alpha value is -8.11. The number of pyridine rings is 1. The molecule has 3 aromatic heterocycles. The van der Waals surface area contributed by atoms with Crippen LogP contribution in [0.15, 0.2) is 218 Å². The maximum absolute atomic E-state index is 10.1. The standard InChI is InChI=1S/C70H58N4O.Pt/c1-47(69(2,3)4)60-44-67(71-45-62(60)51-33-36-53(37-34-51)70(5,6)7)74-63-40-35-52(48-21-11-8-12-22-48)41-61(63)59-39-38-56(43-66(59)74)75-55-28-19-27-54(42-55)72-46-73(65-32-18-17-31-64(65)72)68-57(49-23-13-9-14-24-49)29-20-30-58(68)50-25-15-10-16-26-50;/h8-41,44-45,47H,1-7H3;/q-2;/i9D,10D,13D,14D,15D,16D,23D,24D,25D,26D,47D;. The molecule has 12 rings (SSSR count). The molecule has 1 unspecified atom stereocenters. The average molecular weight is 1180 g/mol. The molecule has 9 aromatic carbocycles. The van der Waals surface area contributed by atoms with Crippen molar-refractivity contribution in [3.63, 3.8) is 0 Å². The summed E-state index contributed by atoms with van der Waals surface area (Å²) in [4.78, 5) is 5.22. The molecular formula is C70H58N4OPt-2. The summed E-state index contributed by atoms with van der Waals surface area (Å²) < 4.78 is 110. The summed E-state index contributed by atoms with van der Waals surface area (Å²) in [5.41, 5.74) is 8.73. The van der Waals surface area contributed by atoms with Gasteiger partial charge in [0.15, 0.2) is 0 Å². The van der Waals surface area contributed by atoms with E-state index in [2.05, 4.69) is 119 Å². The average Bonchev–Trinajstić information content (AvgIpc) is 1.76. The topological polar surface area (TPSA) is 35.9 Å². The first-order chi connectivity index (χ1) is 40.8. The van der Waals surface area contributed by atoms with Crippen LogP contribution >= 0.6 is 0 Å². The van der Waals surface area contributed by atoms with E-state index < -0.39 is 71.7 Å². The van der Waals surface area contributed by atoms with E-state index in [4.69, 9.17) is 23.4 Å². The van der Waals surface area contributed by atoms with Gasteiger partial charge >= 0.3 is 0 Å². The van der Waals surface area contributed by atoms with Gasteiger partial charge < -0.3 is 13.9 Å². The minimum atomic E-state index is -1.07. The number of rotatable bonds is 10. The summed E-state index contributed by atoms with van der Waals surface area (Å²) in [6.45, 7) is 14.8. The zero-order valence-corrected chi connectivity index (χ0v) is 45.3. The van der Waals surface area contributed by atoms with Crippen LogP contribution in [0.4, 0.5) is 0 Å². The summed E-state index contributed by atoms with van der Waals surface area (Å²) in [5.74, 6) is 0.240. The number of imidazole rings is 1. The van der Waals surface area contributed by atoms with Crippen molar-refractivity contribution in [3.05, 3.63) is 248 Å². The van der Waals surface area contributed by atoms with E-state index in [0.717, 1.165) is 44.1 Å². The molecule has 0 fully saturated rings. The van der Waals surface area contributed by atoms with Crippen molar-refractivity contribution in [2.24, 2.45) is 5.41 Å². The number of hydrogen-bond donors (Lipinski definition) is 0. The molecule has 6 heteroatoms. The van der Waals surface area contributed by atoms with Crippen LogP contribution in [0.2, 0.25) is 0 Å². The van der Waals surface area contributed by atoms with Crippen molar-refractivity contribution in [1.82, 2.24) is 14.1 Å². The fraction of sp³-hybridized carbons (Fsp3) is 0.143. The number of ether oxygens (including phenoxy) is 1. The molecule has 0 spiro atoms. The monoisotopic (exact) mass is 1180 g/mol. The molecule has 3 heterocycles. The normalized spacial score (nSPS) is 14.7. The minimum Gasteiger partial charge on any atom is -0.510 e. The molecule has 0 saturated carbocycles. The van der Waals surface area contributed by atoms with Gasteiger partial charge in [0.2, 0.25) is 0 Å². The molecular weight excluding hydrogens is 1110 g/mol. The third-order valence-electron chi connectivity index (χ3n) is 14.0. The third-order valence-corrected chi connectivity index (χ3v) is 14.0. The second-order valence-corrected chi connectivity index (χ2v) is 20.8. The fourth-order valence-corrected chi connectivity index (χ4v) is 9.80. The predicted octanol–water partition coefficient (Wildman–Crippen LogP) is 17.7. The van der Waals surface area contributed by atoms with Gasteiger partial charge in [-0.2, -0.15) is 18.2 Å². The van der Waals surface area contributed by atoms with Crippen LogP contribution in [0, 0.1) is 23.9 Å². The summed E-state index contributed by atoms with van der Waals surface area (Å²) in [6, 6.07) is 50.2. The van der Waals surface area contributed by atoms with E-state index >= 15 is 0 Å². The second kappa shape index (κ2) is 20.2. The van der Waals surface area contributed by atoms with Gasteiger partial charge in [0.1, 0.15) is 5.82 Å². The Balaban J connectivity index is 0.00000784. The summed E-state index contributed by atoms with van der Waals surface area (Å²) in [6.07, 6.45) is 5.32. The van der Waals surface area contributed by atoms with Crippen LogP contribution in [-0.2, 0) is 26.5 Å². The molecule has 0 aliphatic heterocycles. The van der Waals surface area contributed by atoms with Crippen LogP contribution in [0.1, 0.15) is 80.6 Å². The minimum absolute atomic E-state index is 0. The van der Waals surface area contributed by atoms with Gasteiger partial charge in [0.25, 0.3) is 6.33 Å². The summed E-state index contributed by atoms with van der Waals surface area (Å²) in [7, 11) is 0. The number of benzene rings is 9. The van der Waals surface area contributed by atoms with E-state index in [1.54, 1.807) is 39.5 Å². The molecule has 0 saturated heterocycles. The molecule has 1 atom stereocenters. The number of para-hydroxylation sites is 3. The molecule has 76 heavy (non-hydrogen) atoms. The van der Waals surface area contributed by atoms with Crippen LogP contribution < -0.4 is 9.30 Å². The Kier molecular flexibility index (Phi) is 10.2. The zero-order chi connectivity index (χ0) is 61.1. The van der Waals surface area contributed by atoms with Crippen LogP contribution in [0.25, 0.3) is 94.5 Å². The SMILES string of the molecule is [2H]c1c([2H])c([2H])c(-c2cccc(-c3c([2H])c([2H])c([2H])c([2H])c3[2H])c2-[n+]2[c-]n(-c3[c-]c(Oc4[c-]c5c(cc4)c4cc(-c6ccccc6)ccc4n5-c4cc(C([2H])(C)C(C)(C)C)c(-c5ccc(C(C)(C)C)cc5)cn4)ccc3)c3ccccc32)c([2H])c1[2H].[Pt]. The Labute approximate surface area is 476 Å². The fourth-order valence-electron chi connectivity index (χ4n) is 9.80. The van der Waals surface area contributed by atoms with Crippen molar-refractivity contribution in [1.29, 1.82) is 0 Å². The Morgan fingerprint density at radius 3 is 1.91 bits per heavy atom. The quantitative estimate of drug-likeness (QED) is 0.101. The maximum Gasteiger partial charge on any atom is 0.268 e. The molecule has 0 aliphatic rings. The van der Waals surface area contributed by atoms with Crippen LogP contribution in [0.5, 0.6) is 11.5 Å². The van der Waals surface area contributed by atoms with Crippen LogP contribution in [-0.4, -0.2) is 14.1 Å². The van der Waals surface area contributed by atoms with Crippen molar-refractivity contribution in [2.75, 3.05) is 0 Å². The molecule has 0 N–H and O–H groups in total. The summed E-state index contributed by atoms with van der Waals surface area (Å²) >= 11 is 0. The first-order valence-corrected chi connectivity index (χ1v) is 25.0. The number of aromatic nitrogens is 4. The van der Waals surface area contributed by atoms with Gasteiger partial charge in [0, 0.05) is 51.2 Å². The van der Waals surface area contributed by atoms with E-state index in [1.165, 1.54) is 5.56 Å². The first kappa shape index (κ1) is 38.4. The number of fused-ring (bicyclic) bond motifs is 4. The first-order valence-electron chi connectivity index (χ1n) is 30.5. The van der Waals surface area contributed by atoms with Gasteiger partial charge in [0.05, 0.1) is 30.4 Å². The van der Waals surface area contributed by atoms with Gasteiger partial charge in [-0.1, -0.05) is 224 Å². The Morgan fingerprint density at radius 2 is 1.22 bits per heavy atom. The van der Waals surface area contributed by atoms with E-state index in [-0.39, 0.29) is 54.4 Å². The molecule has 376 valence electrons. The smallest absolute Gasteiger partial charge is 0.268 e. The van der Waals surface area contributed by atoms with Gasteiger partial charge in [-0.15, -0.1) is 29.7 Å². The number of nitrogens with zero attached hydrogens (tertiary/aromatic N) is 4. The van der Waals surface area contributed by atoms with Crippen molar-refractivity contribution >= 4 is 32.8 Å². The molecule has 12 aromatic rings. The van der Waals surface area contributed by atoms with Gasteiger partial charge in [-0.05, 0) is 90.0 Å². The molecule has 0 aliphatic carbocycles. The predicted molar refractivity (Wildman–Crippen MR) is 308 cm³/mol. The third kappa shape index (κ3) is 9.39. The Bertz CT molecular complexity index is 4590.